The molecule has 0 bridgehead atoms. The summed E-state index contributed by atoms with van der Waals surface area (Å²) in [6.45, 7) is 0. The first kappa shape index (κ1) is 14.0. The van der Waals surface area contributed by atoms with Gasteiger partial charge in [0.05, 0.1) is 22.9 Å². The fourth-order valence-corrected chi connectivity index (χ4v) is 3.92. The molecule has 2 aromatic heterocycles. The quantitative estimate of drug-likeness (QED) is 0.337. The van der Waals surface area contributed by atoms with E-state index in [0.29, 0.717) is 0 Å². The van der Waals surface area contributed by atoms with Crippen molar-refractivity contribution in [2.24, 2.45) is 0 Å². The van der Waals surface area contributed by atoms with Gasteiger partial charge in [-0.05, 0) is 30.3 Å². The summed E-state index contributed by atoms with van der Waals surface area (Å²) in [6.07, 6.45) is 0. The van der Waals surface area contributed by atoms with Gasteiger partial charge in [-0.1, -0.05) is 46.3 Å². The van der Waals surface area contributed by atoms with Gasteiger partial charge in [-0.3, -0.25) is 0 Å². The van der Waals surface area contributed by atoms with Crippen LogP contribution in [0.5, 0.6) is 0 Å². The molecule has 3 nitrogen and oxygen atoms in total. The number of nitrogens with zero attached hydrogens (tertiary/aromatic N) is 3. The van der Waals surface area contributed by atoms with Crippen LogP contribution >= 0.6 is 27.7 Å². The van der Waals surface area contributed by atoms with Crippen LogP contribution in [0, 0.1) is 0 Å². The third kappa shape index (κ3) is 2.05. The van der Waals surface area contributed by atoms with Crippen LogP contribution in [0.4, 0.5) is 0 Å². The molecule has 24 heavy (non-hydrogen) atoms. The van der Waals surface area contributed by atoms with Gasteiger partial charge in [0.15, 0.2) is 0 Å². The molecule has 0 spiro atoms. The van der Waals surface area contributed by atoms with Gasteiger partial charge in [0.25, 0.3) is 0 Å². The third-order valence-electron chi connectivity index (χ3n) is 4.21. The summed E-state index contributed by atoms with van der Waals surface area (Å²) >= 11 is 4.75. The van der Waals surface area contributed by atoms with Gasteiger partial charge >= 0.3 is 0 Å². The highest BCUT2D eigenvalue weighted by atomic mass is 79.9. The number of benzene rings is 3. The largest absolute Gasteiger partial charge is 0.247 e. The van der Waals surface area contributed by atoms with E-state index >= 15 is 0 Å². The SMILES string of the molecule is Brc1ccc(-c2nc3ccccc3c3c2ccc2nsnc23)cc1. The van der Waals surface area contributed by atoms with Crippen molar-refractivity contribution in [2.75, 3.05) is 0 Å². The molecule has 0 aliphatic heterocycles. The number of para-hydroxylation sites is 1. The zero-order valence-electron chi connectivity index (χ0n) is 12.4. The molecule has 0 N–H and O–H groups in total. The second-order valence-corrected chi connectivity index (χ2v) is 7.05. The zero-order valence-corrected chi connectivity index (χ0v) is 14.8. The first-order valence-electron chi connectivity index (χ1n) is 7.51. The van der Waals surface area contributed by atoms with Crippen molar-refractivity contribution in [3.05, 3.63) is 65.1 Å². The van der Waals surface area contributed by atoms with Crippen molar-refractivity contribution >= 4 is 60.4 Å². The van der Waals surface area contributed by atoms with E-state index in [9.17, 15) is 0 Å². The van der Waals surface area contributed by atoms with Gasteiger partial charge in [-0.15, -0.1) is 0 Å². The van der Waals surface area contributed by atoms with Crippen LogP contribution in [0.3, 0.4) is 0 Å². The molecule has 5 aromatic rings. The third-order valence-corrected chi connectivity index (χ3v) is 5.28. The Bertz CT molecular complexity index is 1210. The lowest BCUT2D eigenvalue weighted by Gasteiger charge is -2.10. The lowest BCUT2D eigenvalue weighted by molar-refractivity contribution is 1.42. The molecule has 5 rings (SSSR count). The molecular weight excluding hydrogens is 382 g/mol. The first-order valence-corrected chi connectivity index (χ1v) is 9.03. The van der Waals surface area contributed by atoms with E-state index < -0.39 is 0 Å². The van der Waals surface area contributed by atoms with E-state index in [1.54, 1.807) is 0 Å². The zero-order chi connectivity index (χ0) is 16.1. The molecule has 0 saturated heterocycles. The van der Waals surface area contributed by atoms with Gasteiger partial charge in [0, 0.05) is 26.2 Å². The average Bonchev–Trinajstić information content (AvgIpc) is 3.10. The summed E-state index contributed by atoms with van der Waals surface area (Å²) in [7, 11) is 0. The maximum Gasteiger partial charge on any atom is 0.113 e. The number of aromatic nitrogens is 3. The molecule has 3 aromatic carbocycles. The first-order chi connectivity index (χ1) is 11.8. The molecule has 2 heterocycles. The van der Waals surface area contributed by atoms with Crippen LogP contribution < -0.4 is 0 Å². The van der Waals surface area contributed by atoms with Crippen LogP contribution in [0.1, 0.15) is 0 Å². The van der Waals surface area contributed by atoms with Crippen molar-refractivity contribution in [1.29, 1.82) is 0 Å². The molecule has 5 heteroatoms. The number of halogens is 1. The van der Waals surface area contributed by atoms with Crippen LogP contribution in [-0.2, 0) is 0 Å². The van der Waals surface area contributed by atoms with Crippen molar-refractivity contribution in [2.45, 2.75) is 0 Å². The molecule has 0 unspecified atom stereocenters. The lowest BCUT2D eigenvalue weighted by Crippen LogP contribution is -1.90. The molecule has 0 amide bonds. The van der Waals surface area contributed by atoms with E-state index in [1.165, 1.54) is 11.7 Å². The summed E-state index contributed by atoms with van der Waals surface area (Å²) in [5.74, 6) is 0. The van der Waals surface area contributed by atoms with E-state index in [4.69, 9.17) is 4.98 Å². The number of pyridine rings is 1. The number of hydrogen-bond donors (Lipinski definition) is 0. The van der Waals surface area contributed by atoms with Gasteiger partial charge in [-0.2, -0.15) is 8.75 Å². The molecule has 0 radical (unpaired) electrons. The van der Waals surface area contributed by atoms with Gasteiger partial charge < -0.3 is 0 Å². The minimum atomic E-state index is 0.936. The van der Waals surface area contributed by atoms with Gasteiger partial charge in [0.2, 0.25) is 0 Å². The van der Waals surface area contributed by atoms with Crippen LogP contribution in [-0.4, -0.2) is 13.7 Å². The monoisotopic (exact) mass is 391 g/mol. The van der Waals surface area contributed by atoms with Crippen LogP contribution in [0.25, 0.3) is 44.0 Å². The minimum Gasteiger partial charge on any atom is -0.247 e. The Morgan fingerprint density at radius 3 is 2.46 bits per heavy atom. The highest BCUT2D eigenvalue weighted by Gasteiger charge is 2.14. The summed E-state index contributed by atoms with van der Waals surface area (Å²) < 4.78 is 9.99. The van der Waals surface area contributed by atoms with Crippen molar-refractivity contribution in [3.63, 3.8) is 0 Å². The maximum absolute atomic E-state index is 4.93. The predicted octanol–water partition coefficient (Wildman–Crippen LogP) is 5.82. The van der Waals surface area contributed by atoms with E-state index in [-0.39, 0.29) is 0 Å². The second kappa shape index (κ2) is 5.33. The fourth-order valence-electron chi connectivity index (χ4n) is 3.11. The molecule has 114 valence electrons. The summed E-state index contributed by atoms with van der Waals surface area (Å²) in [4.78, 5) is 4.93. The summed E-state index contributed by atoms with van der Waals surface area (Å²) in [5, 5.41) is 3.35. The molecule has 0 fully saturated rings. The Balaban J connectivity index is 2.01. The normalized spacial score (nSPS) is 11.5. The van der Waals surface area contributed by atoms with Crippen LogP contribution in [0.15, 0.2) is 65.1 Å². The highest BCUT2D eigenvalue weighted by molar-refractivity contribution is 9.10. The Hall–Kier alpha value is -2.37. The Morgan fingerprint density at radius 2 is 1.58 bits per heavy atom. The Kier molecular flexibility index (Phi) is 3.11. The standard InChI is InChI=1S/C19H10BrN3S/c20-12-7-5-11(6-8-12)18-14-9-10-16-19(23-24-22-16)17(14)13-3-1-2-4-15(13)21-18/h1-10H. The summed E-state index contributed by atoms with van der Waals surface area (Å²) in [6, 6.07) is 20.6. The fraction of sp³-hybridized carbons (Fsp3) is 0. The Labute approximate surface area is 150 Å². The molecule has 0 atom stereocenters. The predicted molar refractivity (Wildman–Crippen MR) is 103 cm³/mol. The lowest BCUT2D eigenvalue weighted by atomic mass is 9.99. The van der Waals surface area contributed by atoms with Crippen molar-refractivity contribution in [3.8, 4) is 11.3 Å². The number of fused-ring (bicyclic) bond motifs is 5. The smallest absolute Gasteiger partial charge is 0.113 e. The highest BCUT2D eigenvalue weighted by Crippen LogP contribution is 2.36. The molecule has 0 saturated carbocycles. The van der Waals surface area contributed by atoms with E-state index in [1.807, 2.05) is 30.3 Å². The molecule has 0 aliphatic rings. The average molecular weight is 392 g/mol. The Morgan fingerprint density at radius 1 is 0.750 bits per heavy atom. The van der Waals surface area contributed by atoms with Crippen molar-refractivity contribution in [1.82, 2.24) is 13.7 Å². The number of hydrogen-bond acceptors (Lipinski definition) is 4. The maximum atomic E-state index is 4.93. The molecular formula is C19H10BrN3S. The number of rotatable bonds is 1. The van der Waals surface area contributed by atoms with E-state index in [2.05, 4.69) is 55.0 Å². The van der Waals surface area contributed by atoms with E-state index in [0.717, 1.165) is 48.4 Å². The van der Waals surface area contributed by atoms with Gasteiger partial charge in [0.1, 0.15) is 11.0 Å². The second-order valence-electron chi connectivity index (χ2n) is 5.60. The minimum absolute atomic E-state index is 0.936. The summed E-state index contributed by atoms with van der Waals surface area (Å²) in [5.41, 5.74) is 4.94. The van der Waals surface area contributed by atoms with Crippen molar-refractivity contribution < 1.29 is 0 Å². The molecule has 0 aliphatic carbocycles. The van der Waals surface area contributed by atoms with Crippen LogP contribution in [0.2, 0.25) is 0 Å². The van der Waals surface area contributed by atoms with Gasteiger partial charge in [-0.25, -0.2) is 4.98 Å². The topological polar surface area (TPSA) is 38.7 Å².